The lowest BCUT2D eigenvalue weighted by Crippen LogP contribution is -2.59. The number of para-hydroxylation sites is 1. The molecule has 2 aliphatic heterocycles. The van der Waals surface area contributed by atoms with E-state index in [0.717, 1.165) is 17.4 Å². The largest absolute Gasteiger partial charge is 0.632 e. The van der Waals surface area contributed by atoms with Gasteiger partial charge in [0, 0.05) is 11.8 Å². The van der Waals surface area contributed by atoms with Gasteiger partial charge in [-0.1, -0.05) is 36.4 Å². The van der Waals surface area contributed by atoms with E-state index < -0.39 is 10.0 Å². The molecule has 3 heterocycles. The van der Waals surface area contributed by atoms with Gasteiger partial charge in [-0.3, -0.25) is 0 Å². The van der Waals surface area contributed by atoms with Crippen LogP contribution in [0.1, 0.15) is 23.7 Å². The van der Waals surface area contributed by atoms with Crippen molar-refractivity contribution >= 4 is 20.9 Å². The molecule has 25 heavy (non-hydrogen) atoms. The molecule has 3 aromatic rings. The average molecular weight is 354 g/mol. The maximum atomic E-state index is 13.4. The van der Waals surface area contributed by atoms with Gasteiger partial charge in [-0.2, -0.15) is 0 Å². The predicted octanol–water partition coefficient (Wildman–Crippen LogP) is 3.19. The Bertz CT molecular complexity index is 1090. The number of benzene rings is 2. The minimum absolute atomic E-state index is 0.257. The van der Waals surface area contributed by atoms with Crippen molar-refractivity contribution in [2.75, 3.05) is 13.1 Å². The molecule has 0 spiro atoms. The van der Waals surface area contributed by atoms with E-state index in [9.17, 15) is 13.6 Å². The molecule has 1 aromatic heterocycles. The second-order valence-corrected chi connectivity index (χ2v) is 8.70. The van der Waals surface area contributed by atoms with Crippen LogP contribution in [0.3, 0.4) is 0 Å². The van der Waals surface area contributed by atoms with Gasteiger partial charge in [0.2, 0.25) is 0 Å². The molecular weight excluding hydrogens is 336 g/mol. The van der Waals surface area contributed by atoms with E-state index in [1.165, 1.54) is 3.97 Å². The molecular formula is C19H18N2O3S. The maximum Gasteiger partial charge on any atom is 0.268 e. The molecule has 0 saturated carbocycles. The third-order valence-electron chi connectivity index (χ3n) is 5.66. The molecule has 2 aromatic carbocycles. The summed E-state index contributed by atoms with van der Waals surface area (Å²) in [6.45, 7) is 1.12. The first-order valence-corrected chi connectivity index (χ1v) is 9.97. The van der Waals surface area contributed by atoms with Gasteiger partial charge < -0.3 is 9.85 Å². The Kier molecular flexibility index (Phi) is 2.99. The van der Waals surface area contributed by atoms with E-state index in [1.54, 1.807) is 30.3 Å². The lowest BCUT2D eigenvalue weighted by Gasteiger charge is -2.58. The number of hydrogen-bond donors (Lipinski definition) is 0. The summed E-state index contributed by atoms with van der Waals surface area (Å²) in [5, 5.41) is 13.9. The van der Waals surface area contributed by atoms with Gasteiger partial charge in [-0.25, -0.2) is 12.4 Å². The smallest absolute Gasteiger partial charge is 0.268 e. The third kappa shape index (κ3) is 1.93. The summed E-state index contributed by atoms with van der Waals surface area (Å²) >= 11 is 0. The van der Waals surface area contributed by atoms with E-state index in [0.29, 0.717) is 30.7 Å². The minimum atomic E-state index is -3.75. The summed E-state index contributed by atoms with van der Waals surface area (Å²) in [6.07, 6.45) is 1.38. The Labute approximate surface area is 146 Å². The van der Waals surface area contributed by atoms with Crippen molar-refractivity contribution in [1.82, 2.24) is 3.97 Å². The van der Waals surface area contributed by atoms with E-state index in [4.69, 9.17) is 0 Å². The molecule has 0 bridgehead atoms. The van der Waals surface area contributed by atoms with Crippen molar-refractivity contribution in [3.8, 4) is 0 Å². The number of hydroxylamine groups is 3. The molecule has 5 rings (SSSR count). The first-order chi connectivity index (χ1) is 12.0. The summed E-state index contributed by atoms with van der Waals surface area (Å²) in [5.74, 6) is 0. The van der Waals surface area contributed by atoms with Crippen LogP contribution >= 0.6 is 0 Å². The summed E-state index contributed by atoms with van der Waals surface area (Å²) in [4.78, 5) is 0.257. The van der Waals surface area contributed by atoms with Crippen molar-refractivity contribution in [3.63, 3.8) is 0 Å². The second kappa shape index (κ2) is 4.94. The van der Waals surface area contributed by atoms with Crippen molar-refractivity contribution in [2.45, 2.75) is 23.8 Å². The molecule has 2 atom stereocenters. The Morgan fingerprint density at radius 3 is 2.44 bits per heavy atom. The molecule has 0 amide bonds. The van der Waals surface area contributed by atoms with Crippen LogP contribution in [0.2, 0.25) is 0 Å². The molecule has 0 aliphatic carbocycles. The highest BCUT2D eigenvalue weighted by Crippen LogP contribution is 2.49. The first kappa shape index (κ1) is 15.1. The SMILES string of the molecule is O=S(=O)(c1ccccc1)n1c2c(c3ccccc31)CC[N+]1([O-])CCC21. The molecule has 0 N–H and O–H groups in total. The fourth-order valence-corrected chi connectivity index (χ4v) is 5.95. The minimum Gasteiger partial charge on any atom is -0.632 e. The number of aromatic nitrogens is 1. The summed E-state index contributed by atoms with van der Waals surface area (Å²) in [5.41, 5.74) is 2.42. The molecule has 6 heteroatoms. The fraction of sp³-hybridized carbons (Fsp3) is 0.263. The molecule has 1 fully saturated rings. The zero-order chi connectivity index (χ0) is 17.2. The van der Waals surface area contributed by atoms with E-state index in [1.807, 2.05) is 24.3 Å². The number of hydrogen-bond acceptors (Lipinski definition) is 3. The molecule has 2 aliphatic rings. The van der Waals surface area contributed by atoms with Gasteiger partial charge in [0.1, 0.15) is 6.04 Å². The first-order valence-electron chi connectivity index (χ1n) is 8.53. The fourth-order valence-electron chi connectivity index (χ4n) is 4.33. The van der Waals surface area contributed by atoms with Crippen LogP contribution in [-0.4, -0.2) is 30.1 Å². The van der Waals surface area contributed by atoms with E-state index in [-0.39, 0.29) is 15.6 Å². The zero-order valence-corrected chi connectivity index (χ0v) is 14.4. The summed E-state index contributed by atoms with van der Waals surface area (Å²) < 4.78 is 28.0. The molecule has 1 saturated heterocycles. The van der Waals surface area contributed by atoms with Gasteiger partial charge in [0.25, 0.3) is 10.0 Å². The normalized spacial score (nSPS) is 25.2. The monoisotopic (exact) mass is 354 g/mol. The molecule has 5 nitrogen and oxygen atoms in total. The molecule has 0 radical (unpaired) electrons. The van der Waals surface area contributed by atoms with Crippen molar-refractivity contribution in [1.29, 1.82) is 0 Å². The van der Waals surface area contributed by atoms with Crippen LogP contribution in [0.5, 0.6) is 0 Å². The Morgan fingerprint density at radius 1 is 1.00 bits per heavy atom. The van der Waals surface area contributed by atoms with E-state index >= 15 is 0 Å². The highest BCUT2D eigenvalue weighted by atomic mass is 32.2. The number of nitrogens with zero attached hydrogens (tertiary/aromatic N) is 2. The summed E-state index contributed by atoms with van der Waals surface area (Å²) in [6, 6.07) is 15.8. The van der Waals surface area contributed by atoms with Crippen molar-refractivity contribution in [2.24, 2.45) is 0 Å². The molecule has 2 unspecified atom stereocenters. The predicted molar refractivity (Wildman–Crippen MR) is 95.4 cm³/mol. The topological polar surface area (TPSA) is 62.1 Å². The maximum absolute atomic E-state index is 13.4. The van der Waals surface area contributed by atoms with Gasteiger partial charge in [-0.15, -0.1) is 0 Å². The average Bonchev–Trinajstić information content (AvgIpc) is 2.93. The van der Waals surface area contributed by atoms with Crippen LogP contribution < -0.4 is 0 Å². The van der Waals surface area contributed by atoms with Crippen LogP contribution in [0.25, 0.3) is 10.9 Å². The number of quaternary nitrogens is 1. The second-order valence-electron chi connectivity index (χ2n) is 6.92. The highest BCUT2D eigenvalue weighted by molar-refractivity contribution is 7.90. The third-order valence-corrected chi connectivity index (χ3v) is 7.40. The Hall–Kier alpha value is -2.15. The highest BCUT2D eigenvalue weighted by Gasteiger charge is 2.48. The van der Waals surface area contributed by atoms with Crippen LogP contribution in [0.4, 0.5) is 0 Å². The summed E-state index contributed by atoms with van der Waals surface area (Å²) in [7, 11) is -3.75. The van der Waals surface area contributed by atoms with Gasteiger partial charge in [0.05, 0.1) is 35.6 Å². The van der Waals surface area contributed by atoms with Crippen LogP contribution in [0, 0.1) is 5.21 Å². The van der Waals surface area contributed by atoms with Crippen molar-refractivity contribution < 1.29 is 13.1 Å². The van der Waals surface area contributed by atoms with Gasteiger partial charge >= 0.3 is 0 Å². The number of fused-ring (bicyclic) bond motifs is 5. The lowest BCUT2D eigenvalue weighted by molar-refractivity contribution is -0.955. The van der Waals surface area contributed by atoms with Gasteiger partial charge in [0.15, 0.2) is 0 Å². The lowest BCUT2D eigenvalue weighted by atomic mass is 9.89. The van der Waals surface area contributed by atoms with Crippen LogP contribution in [0.15, 0.2) is 59.5 Å². The number of rotatable bonds is 2. The Morgan fingerprint density at radius 2 is 1.72 bits per heavy atom. The van der Waals surface area contributed by atoms with Crippen LogP contribution in [-0.2, 0) is 16.4 Å². The zero-order valence-electron chi connectivity index (χ0n) is 13.6. The quantitative estimate of drug-likeness (QED) is 0.524. The standard InChI is InChI=1S/C19H18N2O3S/c22-21-12-10-16-15-8-4-5-9-17(15)20(19(16)18(21)11-13-21)25(23,24)14-6-2-1-3-7-14/h1-9,18H,10-13H2. The van der Waals surface area contributed by atoms with Gasteiger partial charge in [-0.05, 0) is 23.8 Å². The Balaban J connectivity index is 1.86. The van der Waals surface area contributed by atoms with E-state index in [2.05, 4.69) is 0 Å². The molecule has 128 valence electrons. The van der Waals surface area contributed by atoms with Crippen molar-refractivity contribution in [3.05, 3.63) is 71.1 Å².